The maximum Gasteiger partial charge on any atom is 0.133 e. The summed E-state index contributed by atoms with van der Waals surface area (Å²) in [6.45, 7) is 4.49. The normalized spacial score (nSPS) is 30.7. The van der Waals surface area contributed by atoms with Crippen LogP contribution >= 0.6 is 0 Å². The summed E-state index contributed by atoms with van der Waals surface area (Å²) in [7, 11) is 0. The van der Waals surface area contributed by atoms with Gasteiger partial charge >= 0.3 is 0 Å². The van der Waals surface area contributed by atoms with Gasteiger partial charge in [-0.2, -0.15) is 0 Å². The second kappa shape index (κ2) is 4.06. The molecule has 12 heavy (non-hydrogen) atoms. The van der Waals surface area contributed by atoms with Gasteiger partial charge in [0.05, 0.1) is 0 Å². The summed E-state index contributed by atoms with van der Waals surface area (Å²) in [6, 6.07) is 0. The lowest BCUT2D eigenvalue weighted by molar-refractivity contribution is -0.123. The lowest BCUT2D eigenvalue weighted by Crippen LogP contribution is -2.25. The Morgan fingerprint density at radius 1 is 1.50 bits per heavy atom. The second-order valence-corrected chi connectivity index (χ2v) is 4.48. The third-order valence-corrected chi connectivity index (χ3v) is 2.99. The molecule has 1 atom stereocenters. The zero-order valence-electron chi connectivity index (χ0n) is 8.36. The molecule has 70 valence electrons. The Morgan fingerprint density at radius 3 is 2.83 bits per heavy atom. The third kappa shape index (κ3) is 2.62. The highest BCUT2D eigenvalue weighted by Gasteiger charge is 2.29. The Labute approximate surface area is 75.5 Å². The topological polar surface area (TPSA) is 17.1 Å². The van der Waals surface area contributed by atoms with E-state index in [-0.39, 0.29) is 0 Å². The lowest BCUT2D eigenvalue weighted by Gasteiger charge is -2.32. The quantitative estimate of drug-likeness (QED) is 0.631. The molecule has 0 unspecified atom stereocenters. The molecule has 1 rings (SSSR count). The number of hydrogen-bond acceptors (Lipinski definition) is 1. The van der Waals surface area contributed by atoms with Crippen LogP contribution in [0.4, 0.5) is 0 Å². The van der Waals surface area contributed by atoms with Gasteiger partial charge in [-0.15, -0.1) is 0 Å². The smallest absolute Gasteiger partial charge is 0.133 e. The van der Waals surface area contributed by atoms with Gasteiger partial charge in [0, 0.05) is 12.8 Å². The number of carbonyl (C=O) groups excluding carboxylic acids is 1. The molecule has 0 aliphatic heterocycles. The largest absolute Gasteiger partial charge is 0.300 e. The monoisotopic (exact) mass is 168 g/mol. The maximum atomic E-state index is 11.2. The van der Waals surface area contributed by atoms with Crippen LogP contribution in [0.1, 0.15) is 58.8 Å². The number of ketones is 1. The highest BCUT2D eigenvalue weighted by Crippen LogP contribution is 2.38. The molecule has 0 amide bonds. The third-order valence-electron chi connectivity index (χ3n) is 2.99. The van der Waals surface area contributed by atoms with Crippen molar-refractivity contribution in [3.8, 4) is 0 Å². The van der Waals surface area contributed by atoms with E-state index in [9.17, 15) is 4.79 Å². The zero-order valence-corrected chi connectivity index (χ0v) is 8.36. The predicted molar refractivity (Wildman–Crippen MR) is 51.1 cm³/mol. The molecule has 0 spiro atoms. The molecule has 1 aliphatic carbocycles. The lowest BCUT2D eigenvalue weighted by atomic mass is 9.72. The first-order valence-corrected chi connectivity index (χ1v) is 5.18. The van der Waals surface area contributed by atoms with E-state index in [0.717, 1.165) is 19.3 Å². The fraction of sp³-hybridized carbons (Fsp3) is 0.909. The molecule has 1 heteroatoms. The molecule has 0 saturated heterocycles. The van der Waals surface area contributed by atoms with Crippen molar-refractivity contribution in [2.75, 3.05) is 0 Å². The molecule has 1 saturated carbocycles. The van der Waals surface area contributed by atoms with Gasteiger partial charge < -0.3 is 0 Å². The van der Waals surface area contributed by atoms with Crippen LogP contribution in [0.25, 0.3) is 0 Å². The second-order valence-electron chi connectivity index (χ2n) is 4.48. The van der Waals surface area contributed by atoms with Gasteiger partial charge in [0.15, 0.2) is 0 Å². The van der Waals surface area contributed by atoms with Gasteiger partial charge in [0.2, 0.25) is 0 Å². The summed E-state index contributed by atoms with van der Waals surface area (Å²) in [5, 5.41) is 0. The van der Waals surface area contributed by atoms with Gasteiger partial charge in [-0.05, 0) is 24.7 Å². The molecular formula is C11H20O. The average Bonchev–Trinajstić information content (AvgIpc) is 2.01. The van der Waals surface area contributed by atoms with Gasteiger partial charge in [-0.1, -0.05) is 26.7 Å². The van der Waals surface area contributed by atoms with E-state index < -0.39 is 0 Å². The van der Waals surface area contributed by atoms with Crippen molar-refractivity contribution in [2.24, 2.45) is 5.41 Å². The van der Waals surface area contributed by atoms with Crippen molar-refractivity contribution in [1.29, 1.82) is 0 Å². The van der Waals surface area contributed by atoms with Crippen LogP contribution in [0.3, 0.4) is 0 Å². The average molecular weight is 168 g/mol. The Balaban J connectivity index is 2.40. The van der Waals surface area contributed by atoms with Crippen LogP contribution in [0.2, 0.25) is 0 Å². The fourth-order valence-corrected chi connectivity index (χ4v) is 2.18. The molecule has 0 aromatic heterocycles. The molecule has 1 fully saturated rings. The van der Waals surface area contributed by atoms with Crippen LogP contribution in [0, 0.1) is 5.41 Å². The first kappa shape index (κ1) is 9.76. The van der Waals surface area contributed by atoms with E-state index in [1.807, 2.05) is 0 Å². The van der Waals surface area contributed by atoms with Gasteiger partial charge in [0.1, 0.15) is 5.78 Å². The van der Waals surface area contributed by atoms with Crippen LogP contribution in [-0.4, -0.2) is 5.78 Å². The van der Waals surface area contributed by atoms with Gasteiger partial charge in [-0.3, -0.25) is 4.79 Å². The molecule has 1 aliphatic rings. The number of unbranched alkanes of at least 4 members (excludes halogenated alkanes) is 1. The van der Waals surface area contributed by atoms with Crippen LogP contribution < -0.4 is 0 Å². The van der Waals surface area contributed by atoms with Gasteiger partial charge in [-0.25, -0.2) is 0 Å². The predicted octanol–water partition coefficient (Wildman–Crippen LogP) is 3.33. The summed E-state index contributed by atoms with van der Waals surface area (Å²) in [4.78, 5) is 11.2. The summed E-state index contributed by atoms with van der Waals surface area (Å²) in [5.74, 6) is 0.486. The minimum absolute atomic E-state index is 0.353. The summed E-state index contributed by atoms with van der Waals surface area (Å²) >= 11 is 0. The molecule has 0 aromatic rings. The molecular weight excluding hydrogens is 148 g/mol. The maximum absolute atomic E-state index is 11.2. The Bertz CT molecular complexity index is 162. The number of rotatable bonds is 3. The van der Waals surface area contributed by atoms with E-state index in [0.29, 0.717) is 11.2 Å². The van der Waals surface area contributed by atoms with E-state index >= 15 is 0 Å². The first-order chi connectivity index (χ1) is 5.66. The van der Waals surface area contributed by atoms with Crippen LogP contribution in [0.5, 0.6) is 0 Å². The van der Waals surface area contributed by atoms with Crippen LogP contribution in [0.15, 0.2) is 0 Å². The van der Waals surface area contributed by atoms with E-state index in [1.54, 1.807) is 0 Å². The van der Waals surface area contributed by atoms with Crippen molar-refractivity contribution in [3.63, 3.8) is 0 Å². The molecule has 1 nitrogen and oxygen atoms in total. The number of carbonyl (C=O) groups is 1. The molecule has 0 radical (unpaired) electrons. The van der Waals surface area contributed by atoms with E-state index in [4.69, 9.17) is 0 Å². The zero-order chi connectivity index (χ0) is 9.03. The van der Waals surface area contributed by atoms with Crippen molar-refractivity contribution in [1.82, 2.24) is 0 Å². The van der Waals surface area contributed by atoms with Crippen molar-refractivity contribution >= 4 is 5.78 Å². The van der Waals surface area contributed by atoms with E-state index in [2.05, 4.69) is 13.8 Å². The minimum atomic E-state index is 0.353. The van der Waals surface area contributed by atoms with Crippen molar-refractivity contribution in [3.05, 3.63) is 0 Å². The molecule has 0 N–H and O–H groups in total. The van der Waals surface area contributed by atoms with Gasteiger partial charge in [0.25, 0.3) is 0 Å². The standard InChI is InChI=1S/C11H20O/c1-3-4-7-11(2)8-5-6-10(12)9-11/h3-9H2,1-2H3/t11-/m0/s1. The summed E-state index contributed by atoms with van der Waals surface area (Å²) in [5.41, 5.74) is 0.353. The number of Topliss-reactive ketones (excluding diaryl/α,β-unsaturated/α-hetero) is 1. The van der Waals surface area contributed by atoms with Crippen molar-refractivity contribution < 1.29 is 4.79 Å². The molecule has 0 aromatic carbocycles. The first-order valence-electron chi connectivity index (χ1n) is 5.18. The molecule has 0 heterocycles. The Morgan fingerprint density at radius 2 is 2.25 bits per heavy atom. The fourth-order valence-electron chi connectivity index (χ4n) is 2.18. The van der Waals surface area contributed by atoms with Crippen LogP contribution in [-0.2, 0) is 4.79 Å². The Hall–Kier alpha value is -0.330. The highest BCUT2D eigenvalue weighted by atomic mass is 16.1. The minimum Gasteiger partial charge on any atom is -0.300 e. The Kier molecular flexibility index (Phi) is 3.30. The summed E-state index contributed by atoms with van der Waals surface area (Å²) < 4.78 is 0. The molecule has 0 bridgehead atoms. The van der Waals surface area contributed by atoms with E-state index in [1.165, 1.54) is 25.7 Å². The number of hydrogen-bond donors (Lipinski definition) is 0. The highest BCUT2D eigenvalue weighted by molar-refractivity contribution is 5.79. The summed E-state index contributed by atoms with van der Waals surface area (Å²) in [6.07, 6.45) is 7.84. The SMILES string of the molecule is CCCC[C@@]1(C)CCCC(=O)C1. The van der Waals surface area contributed by atoms with Crippen molar-refractivity contribution in [2.45, 2.75) is 58.8 Å².